The summed E-state index contributed by atoms with van der Waals surface area (Å²) >= 11 is 13.0. The van der Waals surface area contributed by atoms with E-state index in [2.05, 4.69) is 0 Å². The van der Waals surface area contributed by atoms with E-state index in [0.717, 1.165) is 5.56 Å². The highest BCUT2D eigenvalue weighted by Crippen LogP contribution is 2.29. The molecule has 0 aliphatic heterocycles. The molecule has 0 fully saturated rings. The van der Waals surface area contributed by atoms with Crippen LogP contribution < -0.4 is 5.73 Å². The first-order chi connectivity index (χ1) is 7.99. The molecule has 2 rings (SSSR count). The smallest absolute Gasteiger partial charge is 0.203 e. The molecule has 0 spiro atoms. The van der Waals surface area contributed by atoms with Crippen molar-refractivity contribution in [3.8, 4) is 0 Å². The zero-order valence-electron chi connectivity index (χ0n) is 8.96. The van der Waals surface area contributed by atoms with E-state index in [0.29, 0.717) is 25.5 Å². The predicted octanol–water partition coefficient (Wildman–Crippen LogP) is 4.18. The van der Waals surface area contributed by atoms with Crippen LogP contribution in [0, 0.1) is 6.92 Å². The van der Waals surface area contributed by atoms with Crippen LogP contribution in [-0.2, 0) is 0 Å². The predicted molar refractivity (Wildman–Crippen MR) is 73.4 cm³/mol. The number of carbonyl (C=O) groups excluding carboxylic acids is 1. The summed E-state index contributed by atoms with van der Waals surface area (Å²) in [6, 6.07) is 6.63. The number of rotatable bonds is 2. The Balaban J connectivity index is 2.40. The number of benzene rings is 1. The lowest BCUT2D eigenvalue weighted by molar-refractivity contribution is 0.104. The maximum atomic E-state index is 12.1. The third kappa shape index (κ3) is 2.46. The van der Waals surface area contributed by atoms with Crippen LogP contribution in [0.15, 0.2) is 24.3 Å². The number of nitrogen functional groups attached to an aromatic ring is 1. The van der Waals surface area contributed by atoms with E-state index in [-0.39, 0.29) is 5.78 Å². The second-order valence-corrected chi connectivity index (χ2v) is 5.69. The monoisotopic (exact) mass is 285 g/mol. The van der Waals surface area contributed by atoms with E-state index in [1.54, 1.807) is 24.3 Å². The second kappa shape index (κ2) is 4.69. The lowest BCUT2D eigenvalue weighted by Crippen LogP contribution is -2.00. The quantitative estimate of drug-likeness (QED) is 0.665. The Morgan fingerprint density at radius 3 is 2.53 bits per heavy atom. The molecule has 2 nitrogen and oxygen atoms in total. The van der Waals surface area contributed by atoms with Gasteiger partial charge in [-0.05, 0) is 36.8 Å². The summed E-state index contributed by atoms with van der Waals surface area (Å²) in [7, 11) is 0. The standard InChI is InChI=1S/C12H9Cl2NOS/c1-6-4-10(17-12(6)14)11(16)7-2-3-8(13)9(15)5-7/h2-5H,15H2,1H3. The molecule has 1 heterocycles. The van der Waals surface area contributed by atoms with E-state index in [9.17, 15) is 4.79 Å². The molecule has 2 N–H and O–H groups in total. The molecule has 2 aromatic rings. The van der Waals surface area contributed by atoms with Crippen LogP contribution in [0.4, 0.5) is 5.69 Å². The molecule has 0 amide bonds. The van der Waals surface area contributed by atoms with Gasteiger partial charge in [-0.25, -0.2) is 0 Å². The van der Waals surface area contributed by atoms with E-state index in [4.69, 9.17) is 28.9 Å². The van der Waals surface area contributed by atoms with Crippen molar-refractivity contribution in [3.63, 3.8) is 0 Å². The maximum Gasteiger partial charge on any atom is 0.203 e. The summed E-state index contributed by atoms with van der Waals surface area (Å²) < 4.78 is 0.635. The van der Waals surface area contributed by atoms with Gasteiger partial charge in [-0.3, -0.25) is 4.79 Å². The Bertz CT molecular complexity index is 573. The molecule has 0 radical (unpaired) electrons. The molecule has 0 aliphatic rings. The van der Waals surface area contributed by atoms with Gasteiger partial charge in [-0.2, -0.15) is 0 Å². The van der Waals surface area contributed by atoms with Crippen molar-refractivity contribution in [2.45, 2.75) is 6.92 Å². The average molecular weight is 286 g/mol. The van der Waals surface area contributed by atoms with Crippen LogP contribution in [0.3, 0.4) is 0 Å². The van der Waals surface area contributed by atoms with Crippen molar-refractivity contribution >= 4 is 46.0 Å². The molecule has 5 heteroatoms. The Labute approximate surface area is 113 Å². The highest BCUT2D eigenvalue weighted by molar-refractivity contribution is 7.18. The SMILES string of the molecule is Cc1cc(C(=O)c2ccc(Cl)c(N)c2)sc1Cl. The first-order valence-corrected chi connectivity index (χ1v) is 6.42. The average Bonchev–Trinajstić information content (AvgIpc) is 2.62. The van der Waals surface area contributed by atoms with Gasteiger partial charge in [0.05, 0.1) is 19.9 Å². The fourth-order valence-corrected chi connectivity index (χ4v) is 2.68. The number of hydrogen-bond acceptors (Lipinski definition) is 3. The lowest BCUT2D eigenvalue weighted by atomic mass is 10.1. The molecule has 0 saturated carbocycles. The summed E-state index contributed by atoms with van der Waals surface area (Å²) in [5.41, 5.74) is 7.49. The number of nitrogens with two attached hydrogens (primary N) is 1. The second-order valence-electron chi connectivity index (χ2n) is 3.63. The zero-order chi connectivity index (χ0) is 12.6. The molecule has 1 aromatic carbocycles. The van der Waals surface area contributed by atoms with E-state index >= 15 is 0 Å². The van der Waals surface area contributed by atoms with Crippen molar-refractivity contribution in [2.24, 2.45) is 0 Å². The number of aryl methyl sites for hydroxylation is 1. The normalized spacial score (nSPS) is 10.5. The Morgan fingerprint density at radius 2 is 2.00 bits per heavy atom. The molecule has 88 valence electrons. The molecule has 0 bridgehead atoms. The lowest BCUT2D eigenvalue weighted by Gasteiger charge is -2.01. The van der Waals surface area contributed by atoms with Crippen LogP contribution >= 0.6 is 34.5 Å². The first kappa shape index (κ1) is 12.4. The number of halogens is 2. The number of ketones is 1. The molecule has 0 atom stereocenters. The number of anilines is 1. The third-order valence-corrected chi connectivity index (χ3v) is 4.24. The Kier molecular flexibility index (Phi) is 3.43. The fraction of sp³-hybridized carbons (Fsp3) is 0.0833. The summed E-state index contributed by atoms with van der Waals surface area (Å²) in [4.78, 5) is 12.7. The summed E-state index contributed by atoms with van der Waals surface area (Å²) in [6.07, 6.45) is 0. The van der Waals surface area contributed by atoms with E-state index in [1.165, 1.54) is 11.3 Å². The van der Waals surface area contributed by atoms with Crippen molar-refractivity contribution in [1.82, 2.24) is 0 Å². The van der Waals surface area contributed by atoms with Gasteiger partial charge in [0.1, 0.15) is 0 Å². The number of hydrogen-bond donors (Lipinski definition) is 1. The molecule has 17 heavy (non-hydrogen) atoms. The minimum Gasteiger partial charge on any atom is -0.398 e. The molecule has 0 saturated heterocycles. The Morgan fingerprint density at radius 1 is 1.29 bits per heavy atom. The van der Waals surface area contributed by atoms with Crippen LogP contribution in [0.1, 0.15) is 20.8 Å². The molecular weight excluding hydrogens is 277 g/mol. The van der Waals surface area contributed by atoms with Crippen molar-refractivity contribution in [3.05, 3.63) is 49.6 Å². The van der Waals surface area contributed by atoms with Gasteiger partial charge in [0.2, 0.25) is 5.78 Å². The maximum absolute atomic E-state index is 12.1. The summed E-state index contributed by atoms with van der Waals surface area (Å²) in [6.45, 7) is 1.87. The van der Waals surface area contributed by atoms with Gasteiger partial charge in [0.25, 0.3) is 0 Å². The van der Waals surface area contributed by atoms with Crippen LogP contribution in [0.5, 0.6) is 0 Å². The van der Waals surface area contributed by atoms with E-state index in [1.807, 2.05) is 6.92 Å². The van der Waals surface area contributed by atoms with Gasteiger partial charge >= 0.3 is 0 Å². The van der Waals surface area contributed by atoms with E-state index < -0.39 is 0 Å². The summed E-state index contributed by atoms with van der Waals surface area (Å²) in [5, 5.41) is 0.446. The Hall–Kier alpha value is -1.03. The van der Waals surface area contributed by atoms with Crippen molar-refractivity contribution in [2.75, 3.05) is 5.73 Å². The first-order valence-electron chi connectivity index (χ1n) is 4.84. The van der Waals surface area contributed by atoms with Gasteiger partial charge < -0.3 is 5.73 Å². The van der Waals surface area contributed by atoms with Crippen LogP contribution in [0.2, 0.25) is 9.36 Å². The highest BCUT2D eigenvalue weighted by Gasteiger charge is 2.14. The topological polar surface area (TPSA) is 43.1 Å². The highest BCUT2D eigenvalue weighted by atomic mass is 35.5. The molecule has 1 aromatic heterocycles. The van der Waals surface area contributed by atoms with Crippen LogP contribution in [-0.4, -0.2) is 5.78 Å². The fourth-order valence-electron chi connectivity index (χ4n) is 1.40. The van der Waals surface area contributed by atoms with Crippen molar-refractivity contribution < 1.29 is 4.79 Å². The van der Waals surface area contributed by atoms with Crippen molar-refractivity contribution in [1.29, 1.82) is 0 Å². The number of carbonyl (C=O) groups is 1. The van der Waals surface area contributed by atoms with Gasteiger partial charge in [-0.15, -0.1) is 11.3 Å². The van der Waals surface area contributed by atoms with Gasteiger partial charge in [-0.1, -0.05) is 23.2 Å². The van der Waals surface area contributed by atoms with Crippen LogP contribution in [0.25, 0.3) is 0 Å². The molecular formula is C12H9Cl2NOS. The van der Waals surface area contributed by atoms with Gasteiger partial charge in [0.15, 0.2) is 0 Å². The summed E-state index contributed by atoms with van der Waals surface area (Å²) in [5.74, 6) is -0.0895. The zero-order valence-corrected chi connectivity index (χ0v) is 11.3. The third-order valence-electron chi connectivity index (χ3n) is 2.34. The molecule has 0 unspecified atom stereocenters. The number of thiophene rings is 1. The molecule has 0 aliphatic carbocycles. The minimum atomic E-state index is -0.0895. The largest absolute Gasteiger partial charge is 0.398 e. The van der Waals surface area contributed by atoms with Gasteiger partial charge in [0, 0.05) is 5.56 Å². The minimum absolute atomic E-state index is 0.0895.